The number of carbonyl (C=O) groups is 1. The maximum absolute atomic E-state index is 12.7. The number of nitrogens with zero attached hydrogens (tertiary/aromatic N) is 3. The minimum absolute atomic E-state index is 0.0180. The third-order valence-corrected chi connectivity index (χ3v) is 4.45. The van der Waals surface area contributed by atoms with Crippen LogP contribution in [-0.4, -0.2) is 49.0 Å². The number of anilines is 1. The van der Waals surface area contributed by atoms with Crippen molar-refractivity contribution in [2.75, 3.05) is 32.1 Å². The van der Waals surface area contributed by atoms with Gasteiger partial charge in [-0.2, -0.15) is 0 Å². The quantitative estimate of drug-likeness (QED) is 0.941. The van der Waals surface area contributed by atoms with Gasteiger partial charge in [0.15, 0.2) is 0 Å². The van der Waals surface area contributed by atoms with Crippen molar-refractivity contribution in [3.63, 3.8) is 0 Å². The van der Waals surface area contributed by atoms with E-state index in [1.807, 2.05) is 25.1 Å². The lowest BCUT2D eigenvalue weighted by molar-refractivity contribution is 0.0708. The first-order valence-electron chi connectivity index (χ1n) is 8.32. The molecule has 1 atom stereocenters. The molecule has 1 unspecified atom stereocenters. The fourth-order valence-electron chi connectivity index (χ4n) is 3.04. The fraction of sp³-hybridized carbons (Fsp3) is 0.368. The standard InChI is InChI=1S/C19H24N4O/c1-22(2)18-7-5-14(6-8-18)15-10-16(12-21-11-15)19(24)23-9-3-4-17(20)13-23/h5-8,10-12,17H,3-4,9,13,20H2,1-2H3. The van der Waals surface area contributed by atoms with Crippen molar-refractivity contribution < 1.29 is 4.79 Å². The fourth-order valence-corrected chi connectivity index (χ4v) is 3.04. The molecule has 0 spiro atoms. The second kappa shape index (κ2) is 7.01. The van der Waals surface area contributed by atoms with Crippen LogP contribution in [-0.2, 0) is 0 Å². The third-order valence-electron chi connectivity index (χ3n) is 4.45. The number of hydrogen-bond acceptors (Lipinski definition) is 4. The number of nitrogens with two attached hydrogens (primary N) is 1. The Balaban J connectivity index is 1.82. The monoisotopic (exact) mass is 324 g/mol. The van der Waals surface area contributed by atoms with Crippen LogP contribution in [0.4, 0.5) is 5.69 Å². The van der Waals surface area contributed by atoms with Crippen LogP contribution in [0.1, 0.15) is 23.2 Å². The van der Waals surface area contributed by atoms with Crippen molar-refractivity contribution in [3.05, 3.63) is 48.3 Å². The molecule has 0 aliphatic carbocycles. The van der Waals surface area contributed by atoms with Gasteiger partial charge in [-0.1, -0.05) is 12.1 Å². The van der Waals surface area contributed by atoms with Crippen molar-refractivity contribution in [1.82, 2.24) is 9.88 Å². The molecule has 0 saturated carbocycles. The van der Waals surface area contributed by atoms with Gasteiger partial charge in [-0.3, -0.25) is 9.78 Å². The molecule has 1 aliphatic rings. The summed E-state index contributed by atoms with van der Waals surface area (Å²) in [4.78, 5) is 20.9. The lowest BCUT2D eigenvalue weighted by atomic mass is 10.0. The van der Waals surface area contributed by atoms with Gasteiger partial charge in [-0.25, -0.2) is 0 Å². The summed E-state index contributed by atoms with van der Waals surface area (Å²) in [5, 5.41) is 0. The topological polar surface area (TPSA) is 62.5 Å². The first kappa shape index (κ1) is 16.5. The number of rotatable bonds is 3. The molecule has 0 bridgehead atoms. The van der Waals surface area contributed by atoms with Crippen LogP contribution in [0, 0.1) is 0 Å². The predicted octanol–water partition coefficient (Wildman–Crippen LogP) is 2.38. The first-order chi connectivity index (χ1) is 11.5. The van der Waals surface area contributed by atoms with Crippen LogP contribution in [0.15, 0.2) is 42.7 Å². The lowest BCUT2D eigenvalue weighted by Gasteiger charge is -2.30. The number of benzene rings is 1. The van der Waals surface area contributed by atoms with E-state index in [1.165, 1.54) is 0 Å². The Morgan fingerprint density at radius 3 is 2.62 bits per heavy atom. The first-order valence-corrected chi connectivity index (χ1v) is 8.32. The highest BCUT2D eigenvalue weighted by Gasteiger charge is 2.22. The molecule has 1 aromatic carbocycles. The van der Waals surface area contributed by atoms with E-state index in [4.69, 9.17) is 5.73 Å². The minimum atomic E-state index is 0.0180. The summed E-state index contributed by atoms with van der Waals surface area (Å²) in [5.41, 5.74) is 9.76. The highest BCUT2D eigenvalue weighted by molar-refractivity contribution is 5.95. The van der Waals surface area contributed by atoms with Gasteiger partial charge >= 0.3 is 0 Å². The number of hydrogen-bond donors (Lipinski definition) is 1. The van der Waals surface area contributed by atoms with Gasteiger partial charge in [0.2, 0.25) is 0 Å². The second-order valence-corrected chi connectivity index (χ2v) is 6.56. The number of pyridine rings is 1. The molecule has 1 aliphatic heterocycles. The van der Waals surface area contributed by atoms with Crippen molar-refractivity contribution in [2.24, 2.45) is 5.73 Å². The summed E-state index contributed by atoms with van der Waals surface area (Å²) in [6.07, 6.45) is 5.38. The van der Waals surface area contributed by atoms with Crippen LogP contribution >= 0.6 is 0 Å². The second-order valence-electron chi connectivity index (χ2n) is 6.56. The van der Waals surface area contributed by atoms with Gasteiger partial charge < -0.3 is 15.5 Å². The Hall–Kier alpha value is -2.40. The van der Waals surface area contributed by atoms with Gasteiger partial charge in [0, 0.05) is 56.9 Å². The van der Waals surface area contributed by atoms with Crippen LogP contribution < -0.4 is 10.6 Å². The summed E-state index contributed by atoms with van der Waals surface area (Å²) in [6.45, 7) is 1.40. The molecule has 126 valence electrons. The van der Waals surface area contributed by atoms with Gasteiger partial charge in [-0.15, -0.1) is 0 Å². The molecule has 2 N–H and O–H groups in total. The summed E-state index contributed by atoms with van der Waals surface area (Å²) in [5.74, 6) is 0.0180. The van der Waals surface area contributed by atoms with Gasteiger partial charge in [0.05, 0.1) is 5.56 Å². The number of aromatic nitrogens is 1. The SMILES string of the molecule is CN(C)c1ccc(-c2cncc(C(=O)N3CCCC(N)C3)c2)cc1. The molecule has 1 fully saturated rings. The molecule has 2 heterocycles. The Labute approximate surface area is 143 Å². The summed E-state index contributed by atoms with van der Waals surface area (Å²) in [6, 6.07) is 10.2. The number of carbonyl (C=O) groups excluding carboxylic acids is 1. The van der Waals surface area contributed by atoms with Crippen molar-refractivity contribution in [1.29, 1.82) is 0 Å². The predicted molar refractivity (Wildman–Crippen MR) is 97.1 cm³/mol. The molecule has 2 aromatic rings. The highest BCUT2D eigenvalue weighted by Crippen LogP contribution is 2.23. The molecule has 0 radical (unpaired) electrons. The normalized spacial score (nSPS) is 17.6. The van der Waals surface area contributed by atoms with Crippen molar-refractivity contribution in [3.8, 4) is 11.1 Å². The van der Waals surface area contributed by atoms with Crippen LogP contribution in [0.25, 0.3) is 11.1 Å². The van der Waals surface area contributed by atoms with Crippen molar-refractivity contribution >= 4 is 11.6 Å². The zero-order valence-corrected chi connectivity index (χ0v) is 14.3. The number of likely N-dealkylation sites (tertiary alicyclic amines) is 1. The molecule has 1 amide bonds. The lowest BCUT2D eigenvalue weighted by Crippen LogP contribution is -2.45. The number of piperidine rings is 1. The van der Waals surface area contributed by atoms with Crippen LogP contribution in [0.5, 0.6) is 0 Å². The van der Waals surface area contributed by atoms with Crippen LogP contribution in [0.3, 0.4) is 0 Å². The molecule has 24 heavy (non-hydrogen) atoms. The van der Waals surface area contributed by atoms with E-state index < -0.39 is 0 Å². The molecular formula is C19H24N4O. The largest absolute Gasteiger partial charge is 0.378 e. The Bertz CT molecular complexity index is 712. The average molecular weight is 324 g/mol. The Morgan fingerprint density at radius 2 is 1.96 bits per heavy atom. The van der Waals surface area contributed by atoms with E-state index in [9.17, 15) is 4.79 Å². The third kappa shape index (κ3) is 3.57. The van der Waals surface area contributed by atoms with Gasteiger partial charge in [-0.05, 0) is 36.6 Å². The molecule has 3 rings (SSSR count). The summed E-state index contributed by atoms with van der Waals surface area (Å²) >= 11 is 0. The smallest absolute Gasteiger partial charge is 0.255 e. The maximum atomic E-state index is 12.7. The number of amides is 1. The van der Waals surface area contributed by atoms with E-state index in [0.717, 1.165) is 36.2 Å². The van der Waals surface area contributed by atoms with Gasteiger partial charge in [0.25, 0.3) is 5.91 Å². The van der Waals surface area contributed by atoms with E-state index in [2.05, 4.69) is 34.1 Å². The van der Waals surface area contributed by atoms with E-state index in [-0.39, 0.29) is 11.9 Å². The van der Waals surface area contributed by atoms with E-state index in [0.29, 0.717) is 12.1 Å². The van der Waals surface area contributed by atoms with E-state index >= 15 is 0 Å². The zero-order chi connectivity index (χ0) is 17.1. The molecule has 1 aromatic heterocycles. The summed E-state index contributed by atoms with van der Waals surface area (Å²) in [7, 11) is 4.03. The van der Waals surface area contributed by atoms with Gasteiger partial charge in [0.1, 0.15) is 0 Å². The molecular weight excluding hydrogens is 300 g/mol. The zero-order valence-electron chi connectivity index (χ0n) is 14.3. The Kier molecular flexibility index (Phi) is 4.81. The van der Waals surface area contributed by atoms with Crippen molar-refractivity contribution in [2.45, 2.75) is 18.9 Å². The van der Waals surface area contributed by atoms with E-state index in [1.54, 1.807) is 12.4 Å². The minimum Gasteiger partial charge on any atom is -0.378 e. The molecule has 5 nitrogen and oxygen atoms in total. The summed E-state index contributed by atoms with van der Waals surface area (Å²) < 4.78 is 0. The highest BCUT2D eigenvalue weighted by atomic mass is 16.2. The van der Waals surface area contributed by atoms with Crippen LogP contribution in [0.2, 0.25) is 0 Å². The maximum Gasteiger partial charge on any atom is 0.255 e. The Morgan fingerprint density at radius 1 is 1.21 bits per heavy atom. The average Bonchev–Trinajstić information content (AvgIpc) is 2.61. The molecule has 5 heteroatoms. The molecule has 1 saturated heterocycles.